The Morgan fingerprint density at radius 3 is 2.84 bits per heavy atom. The summed E-state index contributed by atoms with van der Waals surface area (Å²) in [4.78, 5) is 12.1. The molecule has 3 rings (SSSR count). The Balaban J connectivity index is 1.65. The summed E-state index contributed by atoms with van der Waals surface area (Å²) in [7, 11) is 0. The van der Waals surface area contributed by atoms with E-state index in [1.807, 2.05) is 36.4 Å². The summed E-state index contributed by atoms with van der Waals surface area (Å²) in [6.07, 6.45) is 6.47. The molecule has 2 heterocycles. The first-order chi connectivity index (χ1) is 12.2. The van der Waals surface area contributed by atoms with Crippen molar-refractivity contribution < 1.29 is 9.21 Å². The molecule has 25 heavy (non-hydrogen) atoms. The fourth-order valence-corrected chi connectivity index (χ4v) is 2.30. The number of nitrogens with zero attached hydrogens (tertiary/aromatic N) is 3. The van der Waals surface area contributed by atoms with Gasteiger partial charge in [0.05, 0.1) is 25.5 Å². The first-order valence-electron chi connectivity index (χ1n) is 7.73. The van der Waals surface area contributed by atoms with Gasteiger partial charge in [0.2, 0.25) is 0 Å². The molecule has 0 unspecified atom stereocenters. The Morgan fingerprint density at radius 1 is 1.28 bits per heavy atom. The molecular formula is C19H16N4O2. The Hall–Kier alpha value is -3.59. The zero-order valence-electron chi connectivity index (χ0n) is 13.4. The highest BCUT2D eigenvalue weighted by molar-refractivity contribution is 6.01. The summed E-state index contributed by atoms with van der Waals surface area (Å²) in [6, 6.07) is 15.3. The van der Waals surface area contributed by atoms with Crippen LogP contribution in [0.2, 0.25) is 0 Å². The predicted octanol–water partition coefficient (Wildman–Crippen LogP) is 2.75. The van der Waals surface area contributed by atoms with Gasteiger partial charge in [-0.3, -0.25) is 9.48 Å². The van der Waals surface area contributed by atoms with Gasteiger partial charge < -0.3 is 9.73 Å². The molecule has 1 N–H and O–H groups in total. The van der Waals surface area contributed by atoms with Gasteiger partial charge in [-0.15, -0.1) is 0 Å². The summed E-state index contributed by atoms with van der Waals surface area (Å²) in [5.41, 5.74) is 1.84. The van der Waals surface area contributed by atoms with Crippen LogP contribution in [-0.4, -0.2) is 15.7 Å². The van der Waals surface area contributed by atoms with Crippen molar-refractivity contribution >= 4 is 12.0 Å². The third-order valence-corrected chi connectivity index (χ3v) is 3.52. The van der Waals surface area contributed by atoms with Crippen molar-refractivity contribution in [1.29, 1.82) is 5.26 Å². The van der Waals surface area contributed by atoms with Crippen LogP contribution >= 0.6 is 0 Å². The predicted molar refractivity (Wildman–Crippen MR) is 91.9 cm³/mol. The van der Waals surface area contributed by atoms with E-state index >= 15 is 0 Å². The lowest BCUT2D eigenvalue weighted by molar-refractivity contribution is -0.117. The number of benzene rings is 1. The number of aromatic nitrogens is 2. The van der Waals surface area contributed by atoms with Gasteiger partial charge in [0, 0.05) is 11.8 Å². The third kappa shape index (κ3) is 4.45. The minimum absolute atomic E-state index is 0.0193. The number of nitriles is 1. The average Bonchev–Trinajstić information content (AvgIpc) is 3.30. The van der Waals surface area contributed by atoms with Crippen LogP contribution in [0.25, 0.3) is 6.08 Å². The number of furan rings is 1. The number of carbonyl (C=O) groups excluding carboxylic acids is 1. The topological polar surface area (TPSA) is 83.8 Å². The summed E-state index contributed by atoms with van der Waals surface area (Å²) in [5, 5.41) is 16.1. The van der Waals surface area contributed by atoms with Crippen molar-refractivity contribution in [2.45, 2.75) is 13.1 Å². The highest BCUT2D eigenvalue weighted by atomic mass is 16.3. The van der Waals surface area contributed by atoms with Crippen LogP contribution in [0.3, 0.4) is 0 Å². The third-order valence-electron chi connectivity index (χ3n) is 3.52. The van der Waals surface area contributed by atoms with E-state index in [4.69, 9.17) is 4.42 Å². The van der Waals surface area contributed by atoms with Crippen LogP contribution in [0.4, 0.5) is 0 Å². The quantitative estimate of drug-likeness (QED) is 0.556. The van der Waals surface area contributed by atoms with Gasteiger partial charge in [0.25, 0.3) is 5.91 Å². The lowest BCUT2D eigenvalue weighted by Gasteiger charge is -2.01. The van der Waals surface area contributed by atoms with Crippen molar-refractivity contribution in [3.05, 3.63) is 83.6 Å². The molecule has 0 radical (unpaired) electrons. The minimum Gasteiger partial charge on any atom is -0.467 e. The van der Waals surface area contributed by atoms with Crippen LogP contribution in [0.1, 0.15) is 16.9 Å². The monoisotopic (exact) mass is 332 g/mol. The first-order valence-corrected chi connectivity index (χ1v) is 7.73. The molecule has 0 fully saturated rings. The van der Waals surface area contributed by atoms with Gasteiger partial charge in [0.15, 0.2) is 0 Å². The van der Waals surface area contributed by atoms with Crippen LogP contribution in [0.15, 0.2) is 71.1 Å². The molecular weight excluding hydrogens is 316 g/mol. The number of hydrogen-bond acceptors (Lipinski definition) is 4. The second kappa shape index (κ2) is 7.79. The summed E-state index contributed by atoms with van der Waals surface area (Å²) < 4.78 is 6.91. The number of nitrogens with one attached hydrogen (secondary N) is 1. The largest absolute Gasteiger partial charge is 0.467 e. The molecule has 6 nitrogen and oxygen atoms in total. The second-order valence-electron chi connectivity index (χ2n) is 5.39. The minimum atomic E-state index is -0.449. The van der Waals surface area contributed by atoms with Crippen LogP contribution < -0.4 is 5.32 Å². The Bertz CT molecular complexity index is 903. The number of carbonyl (C=O) groups is 1. The summed E-state index contributed by atoms with van der Waals surface area (Å²) in [6.45, 7) is 0.860. The fraction of sp³-hybridized carbons (Fsp3) is 0.105. The van der Waals surface area contributed by atoms with Crippen molar-refractivity contribution in [3.8, 4) is 6.07 Å². The van der Waals surface area contributed by atoms with Gasteiger partial charge in [-0.05, 0) is 23.8 Å². The van der Waals surface area contributed by atoms with Gasteiger partial charge in [0.1, 0.15) is 17.4 Å². The van der Waals surface area contributed by atoms with Crippen LogP contribution in [0, 0.1) is 11.3 Å². The number of amides is 1. The summed E-state index contributed by atoms with van der Waals surface area (Å²) >= 11 is 0. The van der Waals surface area contributed by atoms with E-state index in [-0.39, 0.29) is 12.1 Å². The van der Waals surface area contributed by atoms with Crippen molar-refractivity contribution in [3.63, 3.8) is 0 Å². The Labute approximate surface area is 145 Å². The lowest BCUT2D eigenvalue weighted by atomic mass is 10.2. The standard InChI is InChI=1S/C19H16N4O2/c20-10-17(19(24)21-12-18-7-4-8-25-18)9-16-11-22-23(14-16)13-15-5-2-1-3-6-15/h1-9,11,14H,12-13H2,(H,21,24)/b17-9+. The van der Waals surface area contributed by atoms with E-state index in [1.54, 1.807) is 29.2 Å². The van der Waals surface area contributed by atoms with E-state index in [0.29, 0.717) is 17.9 Å². The smallest absolute Gasteiger partial charge is 0.262 e. The molecule has 124 valence electrons. The molecule has 0 aliphatic rings. The molecule has 6 heteroatoms. The molecule has 2 aromatic heterocycles. The average molecular weight is 332 g/mol. The zero-order valence-corrected chi connectivity index (χ0v) is 13.4. The molecule has 0 atom stereocenters. The molecule has 0 spiro atoms. The van der Waals surface area contributed by atoms with E-state index < -0.39 is 5.91 Å². The second-order valence-corrected chi connectivity index (χ2v) is 5.39. The molecule has 1 aromatic carbocycles. The molecule has 0 saturated carbocycles. The Kier molecular flexibility index (Phi) is 5.07. The number of hydrogen-bond donors (Lipinski definition) is 1. The van der Waals surface area contributed by atoms with E-state index in [9.17, 15) is 10.1 Å². The Morgan fingerprint density at radius 2 is 2.12 bits per heavy atom. The molecule has 0 saturated heterocycles. The van der Waals surface area contributed by atoms with Gasteiger partial charge in [-0.2, -0.15) is 10.4 Å². The maximum absolute atomic E-state index is 12.1. The van der Waals surface area contributed by atoms with Gasteiger partial charge in [-0.1, -0.05) is 30.3 Å². The normalized spacial score (nSPS) is 11.1. The molecule has 0 bridgehead atoms. The van der Waals surface area contributed by atoms with Crippen molar-refractivity contribution in [1.82, 2.24) is 15.1 Å². The molecule has 0 aliphatic heterocycles. The highest BCUT2D eigenvalue weighted by Gasteiger charge is 2.10. The van der Waals surface area contributed by atoms with Crippen LogP contribution in [0.5, 0.6) is 0 Å². The van der Waals surface area contributed by atoms with E-state index in [2.05, 4.69) is 10.4 Å². The first kappa shape index (κ1) is 16.3. The summed E-state index contributed by atoms with van der Waals surface area (Å²) in [5.74, 6) is 0.177. The van der Waals surface area contributed by atoms with Gasteiger partial charge in [-0.25, -0.2) is 0 Å². The van der Waals surface area contributed by atoms with Crippen molar-refractivity contribution in [2.24, 2.45) is 0 Å². The molecule has 1 amide bonds. The lowest BCUT2D eigenvalue weighted by Crippen LogP contribution is -2.23. The SMILES string of the molecule is N#C/C(=C\c1cnn(Cc2ccccc2)c1)C(=O)NCc1ccco1. The van der Waals surface area contributed by atoms with E-state index in [0.717, 1.165) is 5.56 Å². The maximum atomic E-state index is 12.1. The number of rotatable bonds is 6. The van der Waals surface area contributed by atoms with Crippen LogP contribution in [-0.2, 0) is 17.9 Å². The maximum Gasteiger partial charge on any atom is 0.262 e. The van der Waals surface area contributed by atoms with Crippen molar-refractivity contribution in [2.75, 3.05) is 0 Å². The fourth-order valence-electron chi connectivity index (χ4n) is 2.30. The highest BCUT2D eigenvalue weighted by Crippen LogP contribution is 2.09. The zero-order chi connectivity index (χ0) is 17.5. The van der Waals surface area contributed by atoms with E-state index in [1.165, 1.54) is 12.3 Å². The van der Waals surface area contributed by atoms with Gasteiger partial charge >= 0.3 is 0 Å². The molecule has 0 aliphatic carbocycles. The molecule has 3 aromatic rings.